The Morgan fingerprint density at radius 2 is 2.28 bits per heavy atom. The second kappa shape index (κ2) is 5.65. The van der Waals surface area contributed by atoms with E-state index in [1.54, 1.807) is 0 Å². The standard InChI is InChI=1S/C13H12FIN2O/c14-9-4-5-10(11(15)6-9)13(18)17-12-3-1-2-8(12)7-16/h4-6,8,12H,1-3H2,(H,17,18). The van der Waals surface area contributed by atoms with Crippen LogP contribution in [-0.4, -0.2) is 11.9 Å². The van der Waals surface area contributed by atoms with Gasteiger partial charge in [0.15, 0.2) is 0 Å². The van der Waals surface area contributed by atoms with Gasteiger partial charge in [-0.15, -0.1) is 0 Å². The zero-order valence-corrected chi connectivity index (χ0v) is 11.8. The van der Waals surface area contributed by atoms with E-state index in [1.165, 1.54) is 18.2 Å². The van der Waals surface area contributed by atoms with Crippen LogP contribution in [0.25, 0.3) is 0 Å². The SMILES string of the molecule is N#CC1CCCC1NC(=O)c1ccc(F)cc1I. The monoisotopic (exact) mass is 358 g/mol. The molecule has 1 aromatic carbocycles. The average molecular weight is 358 g/mol. The molecule has 0 bridgehead atoms. The molecule has 2 rings (SSSR count). The van der Waals surface area contributed by atoms with Gasteiger partial charge < -0.3 is 5.32 Å². The van der Waals surface area contributed by atoms with Crippen molar-refractivity contribution in [2.75, 3.05) is 0 Å². The van der Waals surface area contributed by atoms with Crippen LogP contribution in [0.15, 0.2) is 18.2 Å². The van der Waals surface area contributed by atoms with E-state index in [-0.39, 0.29) is 23.7 Å². The number of carbonyl (C=O) groups excluding carboxylic acids is 1. The fourth-order valence-electron chi connectivity index (χ4n) is 2.21. The van der Waals surface area contributed by atoms with Gasteiger partial charge in [-0.25, -0.2) is 4.39 Å². The predicted molar refractivity (Wildman–Crippen MR) is 73.3 cm³/mol. The summed E-state index contributed by atoms with van der Waals surface area (Å²) in [5.74, 6) is -0.690. The first-order valence-corrected chi connectivity index (χ1v) is 6.85. The summed E-state index contributed by atoms with van der Waals surface area (Å²) in [6, 6.07) is 6.21. The van der Waals surface area contributed by atoms with Gasteiger partial charge in [0.05, 0.1) is 17.6 Å². The molecular weight excluding hydrogens is 346 g/mol. The molecule has 0 spiro atoms. The van der Waals surface area contributed by atoms with Crippen molar-refractivity contribution in [3.63, 3.8) is 0 Å². The molecule has 2 atom stereocenters. The number of halogens is 2. The maximum atomic E-state index is 13.0. The Kier molecular flexibility index (Phi) is 4.17. The number of hydrogen-bond donors (Lipinski definition) is 1. The van der Waals surface area contributed by atoms with Crippen molar-refractivity contribution >= 4 is 28.5 Å². The maximum absolute atomic E-state index is 13.0. The Morgan fingerprint density at radius 3 is 2.94 bits per heavy atom. The van der Waals surface area contributed by atoms with E-state index < -0.39 is 0 Å². The molecule has 2 unspecified atom stereocenters. The molecule has 94 valence electrons. The number of benzene rings is 1. The van der Waals surface area contributed by atoms with Crippen LogP contribution in [-0.2, 0) is 0 Å². The fourth-order valence-corrected chi connectivity index (χ4v) is 2.93. The first-order chi connectivity index (χ1) is 8.61. The van der Waals surface area contributed by atoms with Crippen LogP contribution in [0.1, 0.15) is 29.6 Å². The van der Waals surface area contributed by atoms with Gasteiger partial charge in [0.25, 0.3) is 5.91 Å². The highest BCUT2D eigenvalue weighted by molar-refractivity contribution is 14.1. The Hall–Kier alpha value is -1.16. The van der Waals surface area contributed by atoms with Crippen molar-refractivity contribution in [2.24, 2.45) is 5.92 Å². The average Bonchev–Trinajstić information content (AvgIpc) is 2.76. The van der Waals surface area contributed by atoms with Crippen molar-refractivity contribution in [3.05, 3.63) is 33.1 Å². The molecule has 3 nitrogen and oxygen atoms in total. The lowest BCUT2D eigenvalue weighted by atomic mass is 10.1. The molecule has 0 radical (unpaired) electrons. The number of nitriles is 1. The number of rotatable bonds is 2. The number of amides is 1. The van der Waals surface area contributed by atoms with E-state index in [0.717, 1.165) is 19.3 Å². The number of nitrogens with one attached hydrogen (secondary N) is 1. The zero-order valence-electron chi connectivity index (χ0n) is 9.62. The minimum atomic E-state index is -0.355. The van der Waals surface area contributed by atoms with Gasteiger partial charge in [-0.05, 0) is 60.1 Å². The first-order valence-electron chi connectivity index (χ1n) is 5.77. The largest absolute Gasteiger partial charge is 0.348 e. The van der Waals surface area contributed by atoms with Crippen LogP contribution in [0, 0.1) is 26.6 Å². The minimum absolute atomic E-state index is 0.0802. The predicted octanol–water partition coefficient (Wildman–Crippen LogP) is 2.85. The Labute approximate surface area is 119 Å². The lowest BCUT2D eigenvalue weighted by molar-refractivity contribution is 0.0932. The highest BCUT2D eigenvalue weighted by atomic mass is 127. The fraction of sp³-hybridized carbons (Fsp3) is 0.385. The molecule has 0 aromatic heterocycles. The van der Waals surface area contributed by atoms with Crippen molar-refractivity contribution in [1.29, 1.82) is 5.26 Å². The maximum Gasteiger partial charge on any atom is 0.252 e. The summed E-state index contributed by atoms with van der Waals surface area (Å²) in [5.41, 5.74) is 0.459. The summed E-state index contributed by atoms with van der Waals surface area (Å²) in [7, 11) is 0. The third-order valence-electron chi connectivity index (χ3n) is 3.17. The Morgan fingerprint density at radius 1 is 1.50 bits per heavy atom. The van der Waals surface area contributed by atoms with E-state index in [1.807, 2.05) is 22.6 Å². The number of carbonyl (C=O) groups is 1. The molecule has 1 aliphatic rings. The summed E-state index contributed by atoms with van der Waals surface area (Å²) in [4.78, 5) is 12.0. The van der Waals surface area contributed by atoms with Crippen LogP contribution in [0.4, 0.5) is 4.39 Å². The molecule has 0 saturated heterocycles. The normalized spacial score (nSPS) is 22.5. The molecule has 0 heterocycles. The minimum Gasteiger partial charge on any atom is -0.348 e. The number of nitrogens with zero attached hydrogens (tertiary/aromatic N) is 1. The van der Waals surface area contributed by atoms with Crippen LogP contribution in [0.5, 0.6) is 0 Å². The van der Waals surface area contributed by atoms with Gasteiger partial charge in [-0.2, -0.15) is 5.26 Å². The lowest BCUT2D eigenvalue weighted by Crippen LogP contribution is -2.37. The van der Waals surface area contributed by atoms with Gasteiger partial charge in [0.2, 0.25) is 0 Å². The summed E-state index contributed by atoms with van der Waals surface area (Å²) in [6.45, 7) is 0. The van der Waals surface area contributed by atoms with Crippen molar-refractivity contribution in [2.45, 2.75) is 25.3 Å². The van der Waals surface area contributed by atoms with Crippen LogP contribution in [0.2, 0.25) is 0 Å². The molecule has 18 heavy (non-hydrogen) atoms. The molecule has 1 fully saturated rings. The first kappa shape index (κ1) is 13.3. The van der Waals surface area contributed by atoms with Gasteiger partial charge in [0, 0.05) is 9.61 Å². The van der Waals surface area contributed by atoms with E-state index in [2.05, 4.69) is 11.4 Å². The van der Waals surface area contributed by atoms with Gasteiger partial charge in [-0.3, -0.25) is 4.79 Å². The third-order valence-corrected chi connectivity index (χ3v) is 4.07. The van der Waals surface area contributed by atoms with E-state index in [4.69, 9.17) is 5.26 Å². The van der Waals surface area contributed by atoms with Crippen LogP contribution in [0.3, 0.4) is 0 Å². The second-order valence-electron chi connectivity index (χ2n) is 4.37. The summed E-state index contributed by atoms with van der Waals surface area (Å²) in [5, 5.41) is 11.8. The quantitative estimate of drug-likeness (QED) is 0.827. The van der Waals surface area contributed by atoms with Crippen molar-refractivity contribution in [3.8, 4) is 6.07 Å². The van der Waals surface area contributed by atoms with Gasteiger partial charge in [0.1, 0.15) is 5.82 Å². The van der Waals surface area contributed by atoms with E-state index in [0.29, 0.717) is 9.13 Å². The molecule has 5 heteroatoms. The molecule has 1 aliphatic carbocycles. The molecule has 1 saturated carbocycles. The lowest BCUT2D eigenvalue weighted by Gasteiger charge is -2.16. The highest BCUT2D eigenvalue weighted by Crippen LogP contribution is 2.25. The zero-order chi connectivity index (χ0) is 13.1. The van der Waals surface area contributed by atoms with Crippen LogP contribution >= 0.6 is 22.6 Å². The van der Waals surface area contributed by atoms with Gasteiger partial charge >= 0.3 is 0 Å². The summed E-state index contributed by atoms with van der Waals surface area (Å²) >= 11 is 1.94. The number of hydrogen-bond acceptors (Lipinski definition) is 2. The second-order valence-corrected chi connectivity index (χ2v) is 5.53. The summed E-state index contributed by atoms with van der Waals surface area (Å²) in [6.07, 6.45) is 2.63. The Balaban J connectivity index is 2.10. The molecular formula is C13H12FIN2O. The van der Waals surface area contributed by atoms with Crippen molar-refractivity contribution < 1.29 is 9.18 Å². The van der Waals surface area contributed by atoms with Crippen molar-refractivity contribution in [1.82, 2.24) is 5.32 Å². The highest BCUT2D eigenvalue weighted by Gasteiger charge is 2.28. The molecule has 1 amide bonds. The molecule has 1 N–H and O–H groups in total. The summed E-state index contributed by atoms with van der Waals surface area (Å²) < 4.78 is 13.5. The topological polar surface area (TPSA) is 52.9 Å². The van der Waals surface area contributed by atoms with Gasteiger partial charge in [-0.1, -0.05) is 0 Å². The Bertz CT molecular complexity index is 512. The molecule has 1 aromatic rings. The van der Waals surface area contributed by atoms with Crippen LogP contribution < -0.4 is 5.32 Å². The third kappa shape index (κ3) is 2.80. The smallest absolute Gasteiger partial charge is 0.252 e. The van der Waals surface area contributed by atoms with E-state index in [9.17, 15) is 9.18 Å². The molecule has 0 aliphatic heterocycles. The van der Waals surface area contributed by atoms with E-state index >= 15 is 0 Å².